The van der Waals surface area contributed by atoms with Gasteiger partial charge in [-0.1, -0.05) is 32.1 Å². The number of carbonyl (C=O) groups is 3. The first-order chi connectivity index (χ1) is 15.1. The van der Waals surface area contributed by atoms with Gasteiger partial charge in [0.05, 0.1) is 6.54 Å². The van der Waals surface area contributed by atoms with Crippen LogP contribution in [0, 0.1) is 5.92 Å². The van der Waals surface area contributed by atoms with Crippen molar-refractivity contribution >= 4 is 17.7 Å². The highest BCUT2D eigenvalue weighted by atomic mass is 16.7. The van der Waals surface area contributed by atoms with Crippen LogP contribution < -0.4 is 14.8 Å². The van der Waals surface area contributed by atoms with E-state index < -0.39 is 0 Å². The van der Waals surface area contributed by atoms with Gasteiger partial charge < -0.3 is 24.6 Å². The van der Waals surface area contributed by atoms with E-state index in [1.54, 1.807) is 23.1 Å². The van der Waals surface area contributed by atoms with E-state index in [2.05, 4.69) is 5.32 Å². The summed E-state index contributed by atoms with van der Waals surface area (Å²) in [6, 6.07) is 4.94. The van der Waals surface area contributed by atoms with Crippen LogP contribution in [-0.4, -0.2) is 67.0 Å². The molecule has 2 aliphatic heterocycles. The highest BCUT2D eigenvalue weighted by molar-refractivity contribution is 5.97. The van der Waals surface area contributed by atoms with Gasteiger partial charge in [0.2, 0.25) is 18.6 Å². The Morgan fingerprint density at radius 3 is 2.32 bits per heavy atom. The van der Waals surface area contributed by atoms with Crippen molar-refractivity contribution in [2.75, 3.05) is 39.5 Å². The lowest BCUT2D eigenvalue weighted by atomic mass is 9.86. The Labute approximate surface area is 182 Å². The zero-order chi connectivity index (χ0) is 21.6. The molecule has 2 heterocycles. The Kier molecular flexibility index (Phi) is 6.94. The maximum Gasteiger partial charge on any atom is 0.251 e. The third kappa shape index (κ3) is 5.48. The molecule has 0 atom stereocenters. The summed E-state index contributed by atoms with van der Waals surface area (Å²) in [5.74, 6) is 1.58. The number of benzene rings is 1. The lowest BCUT2D eigenvalue weighted by molar-refractivity contribution is -0.139. The molecule has 1 aromatic rings. The summed E-state index contributed by atoms with van der Waals surface area (Å²) in [6.45, 7) is 2.22. The van der Waals surface area contributed by atoms with E-state index in [0.717, 1.165) is 6.42 Å². The first-order valence-corrected chi connectivity index (χ1v) is 11.3. The van der Waals surface area contributed by atoms with Gasteiger partial charge in [0, 0.05) is 38.2 Å². The molecular formula is C23H31N3O5. The second-order valence-electron chi connectivity index (χ2n) is 8.56. The highest BCUT2D eigenvalue weighted by Crippen LogP contribution is 2.32. The van der Waals surface area contributed by atoms with Gasteiger partial charge in [0.1, 0.15) is 0 Å². The molecule has 31 heavy (non-hydrogen) atoms. The van der Waals surface area contributed by atoms with Crippen LogP contribution in [0.15, 0.2) is 18.2 Å². The average molecular weight is 430 g/mol. The van der Waals surface area contributed by atoms with Crippen molar-refractivity contribution < 1.29 is 23.9 Å². The molecule has 1 aromatic carbocycles. The molecule has 1 aliphatic carbocycles. The lowest BCUT2D eigenvalue weighted by Crippen LogP contribution is -2.52. The molecular weight excluding hydrogens is 398 g/mol. The second kappa shape index (κ2) is 10.0. The Bertz CT molecular complexity index is 813. The van der Waals surface area contributed by atoms with E-state index in [1.807, 2.05) is 4.90 Å². The smallest absolute Gasteiger partial charge is 0.251 e. The van der Waals surface area contributed by atoms with Crippen LogP contribution in [0.4, 0.5) is 0 Å². The minimum Gasteiger partial charge on any atom is -0.454 e. The zero-order valence-corrected chi connectivity index (χ0v) is 17.9. The van der Waals surface area contributed by atoms with E-state index >= 15 is 0 Å². The Morgan fingerprint density at radius 1 is 0.903 bits per heavy atom. The number of nitrogens with one attached hydrogen (secondary N) is 1. The van der Waals surface area contributed by atoms with Crippen LogP contribution in [0.2, 0.25) is 0 Å². The van der Waals surface area contributed by atoms with Crippen LogP contribution in [0.5, 0.6) is 11.5 Å². The lowest BCUT2D eigenvalue weighted by Gasteiger charge is -2.35. The molecule has 2 fully saturated rings. The van der Waals surface area contributed by atoms with E-state index in [9.17, 15) is 14.4 Å². The van der Waals surface area contributed by atoms with E-state index in [-0.39, 0.29) is 31.1 Å². The summed E-state index contributed by atoms with van der Waals surface area (Å²) in [7, 11) is 0. The Hall–Kier alpha value is -2.77. The number of amides is 3. The fourth-order valence-corrected chi connectivity index (χ4v) is 4.57. The van der Waals surface area contributed by atoms with Gasteiger partial charge in [0.25, 0.3) is 5.91 Å². The fourth-order valence-electron chi connectivity index (χ4n) is 4.57. The monoisotopic (exact) mass is 429 g/mol. The summed E-state index contributed by atoms with van der Waals surface area (Å²) in [5, 5.41) is 2.67. The van der Waals surface area contributed by atoms with E-state index in [4.69, 9.17) is 9.47 Å². The third-order valence-corrected chi connectivity index (χ3v) is 6.51. The summed E-state index contributed by atoms with van der Waals surface area (Å²) in [6.07, 6.45) is 8.04. The van der Waals surface area contributed by atoms with E-state index in [1.165, 1.54) is 32.1 Å². The molecule has 168 valence electrons. The van der Waals surface area contributed by atoms with Crippen LogP contribution in [-0.2, 0) is 9.59 Å². The number of fused-ring (bicyclic) bond motifs is 1. The topological polar surface area (TPSA) is 88.2 Å². The predicted molar refractivity (Wildman–Crippen MR) is 114 cm³/mol. The van der Waals surface area contributed by atoms with Crippen molar-refractivity contribution in [1.82, 2.24) is 15.1 Å². The number of hydrogen-bond acceptors (Lipinski definition) is 5. The van der Waals surface area contributed by atoms with Crippen LogP contribution in [0.3, 0.4) is 0 Å². The molecule has 3 aliphatic rings. The van der Waals surface area contributed by atoms with Crippen molar-refractivity contribution in [3.8, 4) is 11.5 Å². The van der Waals surface area contributed by atoms with Crippen molar-refractivity contribution in [2.24, 2.45) is 5.92 Å². The largest absolute Gasteiger partial charge is 0.454 e. The standard InChI is InChI=1S/C23H31N3O5/c27-21(9-6-17-4-2-1-3-5-17)25-10-12-26(13-11-25)22(28)15-24-23(29)18-7-8-19-20(14-18)31-16-30-19/h7-8,14,17H,1-6,9-13,15-16H2,(H,24,29). The maximum atomic E-state index is 12.5. The molecule has 1 N–H and O–H groups in total. The van der Waals surface area contributed by atoms with Crippen molar-refractivity contribution in [3.05, 3.63) is 23.8 Å². The van der Waals surface area contributed by atoms with Crippen LogP contribution in [0.1, 0.15) is 55.3 Å². The fraction of sp³-hybridized carbons (Fsp3) is 0.609. The van der Waals surface area contributed by atoms with Gasteiger partial charge in [-0.25, -0.2) is 0 Å². The molecule has 3 amide bonds. The number of ether oxygens (including phenoxy) is 2. The van der Waals surface area contributed by atoms with Crippen molar-refractivity contribution in [1.29, 1.82) is 0 Å². The second-order valence-corrected chi connectivity index (χ2v) is 8.56. The molecule has 4 rings (SSSR count). The number of piperazine rings is 1. The minimum atomic E-state index is -0.330. The van der Waals surface area contributed by atoms with Gasteiger partial charge in [0.15, 0.2) is 11.5 Å². The SMILES string of the molecule is O=C(NCC(=O)N1CCN(C(=O)CCC2CCCCC2)CC1)c1ccc2c(c1)OCO2. The molecule has 0 radical (unpaired) electrons. The van der Waals surface area contributed by atoms with Crippen LogP contribution >= 0.6 is 0 Å². The first kappa shape index (κ1) is 21.5. The molecule has 8 heteroatoms. The Balaban J connectivity index is 1.17. The average Bonchev–Trinajstić information content (AvgIpc) is 3.29. The first-order valence-electron chi connectivity index (χ1n) is 11.3. The van der Waals surface area contributed by atoms with Crippen molar-refractivity contribution in [2.45, 2.75) is 44.9 Å². The summed E-state index contributed by atoms with van der Waals surface area (Å²) >= 11 is 0. The molecule has 0 aromatic heterocycles. The minimum absolute atomic E-state index is 0.0666. The summed E-state index contributed by atoms with van der Waals surface area (Å²) in [4.78, 5) is 40.9. The number of hydrogen-bond donors (Lipinski definition) is 1. The normalized spacial score (nSPS) is 18.7. The van der Waals surface area contributed by atoms with Crippen LogP contribution in [0.25, 0.3) is 0 Å². The molecule has 0 bridgehead atoms. The number of carbonyl (C=O) groups excluding carboxylic acids is 3. The molecule has 1 saturated carbocycles. The van der Waals surface area contributed by atoms with Gasteiger partial charge >= 0.3 is 0 Å². The zero-order valence-electron chi connectivity index (χ0n) is 17.9. The number of nitrogens with zero attached hydrogens (tertiary/aromatic N) is 2. The molecule has 8 nitrogen and oxygen atoms in total. The molecule has 1 saturated heterocycles. The quantitative estimate of drug-likeness (QED) is 0.749. The molecule has 0 unspecified atom stereocenters. The summed E-state index contributed by atoms with van der Waals surface area (Å²) in [5.41, 5.74) is 0.422. The number of rotatable bonds is 6. The van der Waals surface area contributed by atoms with Gasteiger partial charge in [-0.2, -0.15) is 0 Å². The van der Waals surface area contributed by atoms with Gasteiger partial charge in [-0.15, -0.1) is 0 Å². The van der Waals surface area contributed by atoms with Gasteiger partial charge in [-0.05, 0) is 30.5 Å². The Morgan fingerprint density at radius 2 is 1.58 bits per heavy atom. The summed E-state index contributed by atoms with van der Waals surface area (Å²) < 4.78 is 10.5. The molecule has 0 spiro atoms. The third-order valence-electron chi connectivity index (χ3n) is 6.51. The van der Waals surface area contributed by atoms with E-state index in [0.29, 0.717) is 55.6 Å². The highest BCUT2D eigenvalue weighted by Gasteiger charge is 2.25. The predicted octanol–water partition coefficient (Wildman–Crippen LogP) is 2.18. The van der Waals surface area contributed by atoms with Crippen molar-refractivity contribution in [3.63, 3.8) is 0 Å². The van der Waals surface area contributed by atoms with Gasteiger partial charge in [-0.3, -0.25) is 14.4 Å². The maximum absolute atomic E-state index is 12.5.